The van der Waals surface area contributed by atoms with Crippen molar-refractivity contribution in [1.82, 2.24) is 10.3 Å². The van der Waals surface area contributed by atoms with E-state index in [4.69, 9.17) is 4.42 Å². The van der Waals surface area contributed by atoms with Crippen molar-refractivity contribution in [2.75, 3.05) is 18.4 Å². The number of carbonyl (C=O) groups excluding carboxylic acids is 1. The molecule has 1 amide bonds. The van der Waals surface area contributed by atoms with E-state index >= 15 is 0 Å². The fraction of sp³-hybridized carbons (Fsp3) is 0.500. The summed E-state index contributed by atoms with van der Waals surface area (Å²) in [5.74, 6) is 2.53. The molecule has 6 heteroatoms. The van der Waals surface area contributed by atoms with Crippen molar-refractivity contribution in [2.45, 2.75) is 38.0 Å². The first-order valence-electron chi connectivity index (χ1n) is 9.31. The molecular weight excluding hydrogens is 350 g/mol. The SMILES string of the molecule is Cl.O=C(Nc1ccc(-c2cnc(C3CC3)o2)cc1)C1CC12CCNCC2. The van der Waals surface area contributed by atoms with E-state index in [0.717, 1.165) is 55.3 Å². The fourth-order valence-electron chi connectivity index (χ4n) is 4.08. The van der Waals surface area contributed by atoms with Crippen molar-refractivity contribution in [3.63, 3.8) is 0 Å². The molecule has 1 aromatic heterocycles. The third kappa shape index (κ3) is 3.26. The van der Waals surface area contributed by atoms with Crippen LogP contribution in [-0.4, -0.2) is 24.0 Å². The first kappa shape index (κ1) is 17.6. The predicted octanol–water partition coefficient (Wildman–Crippen LogP) is 3.97. The van der Waals surface area contributed by atoms with Crippen molar-refractivity contribution in [3.05, 3.63) is 36.4 Å². The Balaban J connectivity index is 0.00000168. The van der Waals surface area contributed by atoms with E-state index in [2.05, 4.69) is 15.6 Å². The van der Waals surface area contributed by atoms with E-state index < -0.39 is 0 Å². The Morgan fingerprint density at radius 1 is 1.19 bits per heavy atom. The molecule has 2 aromatic rings. The monoisotopic (exact) mass is 373 g/mol. The van der Waals surface area contributed by atoms with Gasteiger partial charge in [0.15, 0.2) is 11.7 Å². The second-order valence-corrected chi connectivity index (χ2v) is 7.77. The number of carbonyl (C=O) groups is 1. The number of anilines is 1. The molecule has 1 unspecified atom stereocenters. The highest BCUT2D eigenvalue weighted by Crippen LogP contribution is 2.58. The summed E-state index contributed by atoms with van der Waals surface area (Å²) < 4.78 is 5.83. The van der Waals surface area contributed by atoms with Gasteiger partial charge in [0.2, 0.25) is 5.91 Å². The lowest BCUT2D eigenvalue weighted by molar-refractivity contribution is -0.118. The maximum Gasteiger partial charge on any atom is 0.228 e. The Bertz CT molecular complexity index is 792. The molecule has 2 saturated carbocycles. The number of rotatable bonds is 4. The van der Waals surface area contributed by atoms with Gasteiger partial charge in [-0.15, -0.1) is 12.4 Å². The van der Waals surface area contributed by atoms with Gasteiger partial charge in [0.05, 0.1) is 6.20 Å². The number of halogens is 1. The van der Waals surface area contributed by atoms with Crippen LogP contribution in [0, 0.1) is 11.3 Å². The van der Waals surface area contributed by atoms with E-state index in [9.17, 15) is 4.79 Å². The summed E-state index contributed by atoms with van der Waals surface area (Å²) in [5, 5.41) is 6.46. The summed E-state index contributed by atoms with van der Waals surface area (Å²) in [6, 6.07) is 7.87. The van der Waals surface area contributed by atoms with E-state index in [-0.39, 0.29) is 29.6 Å². The van der Waals surface area contributed by atoms with Crippen molar-refractivity contribution >= 4 is 24.0 Å². The number of hydrogen-bond donors (Lipinski definition) is 2. The Morgan fingerprint density at radius 2 is 1.92 bits per heavy atom. The van der Waals surface area contributed by atoms with Crippen LogP contribution in [-0.2, 0) is 4.79 Å². The number of benzene rings is 1. The van der Waals surface area contributed by atoms with Crippen molar-refractivity contribution in [3.8, 4) is 11.3 Å². The van der Waals surface area contributed by atoms with Gasteiger partial charge in [0.1, 0.15) is 0 Å². The van der Waals surface area contributed by atoms with Gasteiger partial charge in [-0.2, -0.15) is 0 Å². The zero-order chi connectivity index (χ0) is 16.9. The Morgan fingerprint density at radius 3 is 2.62 bits per heavy atom. The molecule has 2 N–H and O–H groups in total. The molecule has 5 rings (SSSR count). The highest BCUT2D eigenvalue weighted by atomic mass is 35.5. The number of nitrogens with one attached hydrogen (secondary N) is 2. The molecule has 2 heterocycles. The normalized spacial score (nSPS) is 23.3. The number of aromatic nitrogens is 1. The summed E-state index contributed by atoms with van der Waals surface area (Å²) in [5.41, 5.74) is 2.12. The van der Waals surface area contributed by atoms with Crippen LogP contribution in [0.1, 0.15) is 43.9 Å². The van der Waals surface area contributed by atoms with E-state index in [1.165, 1.54) is 12.8 Å². The van der Waals surface area contributed by atoms with Crippen molar-refractivity contribution < 1.29 is 9.21 Å². The standard InChI is InChI=1S/C20H23N3O2.ClH/c24-18(16-11-20(16)7-9-21-10-8-20)23-15-5-3-13(4-6-15)17-12-22-19(25-17)14-1-2-14;/h3-6,12,14,16,21H,1-2,7-11H2,(H,23,24);1H. The van der Waals surface area contributed by atoms with Crippen LogP contribution in [0.4, 0.5) is 5.69 Å². The second kappa shape index (κ2) is 6.71. The van der Waals surface area contributed by atoms with Gasteiger partial charge < -0.3 is 15.1 Å². The Hall–Kier alpha value is -1.85. The topological polar surface area (TPSA) is 67.2 Å². The largest absolute Gasteiger partial charge is 0.440 e. The zero-order valence-corrected chi connectivity index (χ0v) is 15.5. The highest BCUT2D eigenvalue weighted by molar-refractivity contribution is 5.95. The third-order valence-corrected chi connectivity index (χ3v) is 5.99. The maximum atomic E-state index is 12.5. The van der Waals surface area contributed by atoms with E-state index in [1.807, 2.05) is 24.3 Å². The van der Waals surface area contributed by atoms with Gasteiger partial charge in [0, 0.05) is 23.1 Å². The quantitative estimate of drug-likeness (QED) is 0.850. The lowest BCUT2D eigenvalue weighted by atomic mass is 9.92. The van der Waals surface area contributed by atoms with Crippen LogP contribution in [0.15, 0.2) is 34.9 Å². The van der Waals surface area contributed by atoms with E-state index in [0.29, 0.717) is 5.92 Å². The zero-order valence-electron chi connectivity index (χ0n) is 14.7. The molecule has 1 spiro atoms. The van der Waals surface area contributed by atoms with Crippen molar-refractivity contribution in [1.29, 1.82) is 0 Å². The maximum absolute atomic E-state index is 12.5. The summed E-state index contributed by atoms with van der Waals surface area (Å²) in [7, 11) is 0. The molecule has 1 atom stereocenters. The Kier molecular flexibility index (Phi) is 4.53. The average Bonchev–Trinajstić information content (AvgIpc) is 3.55. The number of piperidine rings is 1. The molecule has 3 fully saturated rings. The minimum absolute atomic E-state index is 0. The molecule has 5 nitrogen and oxygen atoms in total. The lowest BCUT2D eigenvalue weighted by Gasteiger charge is -2.23. The lowest BCUT2D eigenvalue weighted by Crippen LogP contribution is -2.31. The summed E-state index contributed by atoms with van der Waals surface area (Å²) in [6.07, 6.45) is 7.46. The molecular formula is C20H24ClN3O2. The predicted molar refractivity (Wildman–Crippen MR) is 102 cm³/mol. The first-order valence-corrected chi connectivity index (χ1v) is 9.31. The molecule has 2 aliphatic carbocycles. The van der Waals surface area contributed by atoms with Crippen LogP contribution in [0.3, 0.4) is 0 Å². The average molecular weight is 374 g/mol. The van der Waals surface area contributed by atoms with E-state index in [1.54, 1.807) is 6.20 Å². The van der Waals surface area contributed by atoms with Crippen LogP contribution in [0.25, 0.3) is 11.3 Å². The van der Waals surface area contributed by atoms with Gasteiger partial charge in [-0.05, 0) is 74.9 Å². The van der Waals surface area contributed by atoms with Crippen LogP contribution in [0.5, 0.6) is 0 Å². The number of amides is 1. The summed E-state index contributed by atoms with van der Waals surface area (Å²) in [6.45, 7) is 2.08. The second-order valence-electron chi connectivity index (χ2n) is 7.77. The van der Waals surface area contributed by atoms with Gasteiger partial charge in [-0.3, -0.25) is 4.79 Å². The smallest absolute Gasteiger partial charge is 0.228 e. The number of oxazole rings is 1. The van der Waals surface area contributed by atoms with Crippen LogP contribution < -0.4 is 10.6 Å². The van der Waals surface area contributed by atoms with Gasteiger partial charge >= 0.3 is 0 Å². The number of hydrogen-bond acceptors (Lipinski definition) is 4. The van der Waals surface area contributed by atoms with Crippen LogP contribution in [0.2, 0.25) is 0 Å². The fourth-order valence-corrected chi connectivity index (χ4v) is 4.08. The third-order valence-electron chi connectivity index (χ3n) is 5.99. The first-order chi connectivity index (χ1) is 12.2. The molecule has 1 saturated heterocycles. The summed E-state index contributed by atoms with van der Waals surface area (Å²) >= 11 is 0. The molecule has 0 bridgehead atoms. The van der Waals surface area contributed by atoms with Crippen LogP contribution >= 0.6 is 12.4 Å². The van der Waals surface area contributed by atoms with Crippen molar-refractivity contribution in [2.24, 2.45) is 11.3 Å². The molecule has 138 valence electrons. The molecule has 1 aliphatic heterocycles. The van der Waals surface area contributed by atoms with Gasteiger partial charge in [0.25, 0.3) is 0 Å². The van der Waals surface area contributed by atoms with Gasteiger partial charge in [-0.1, -0.05) is 0 Å². The minimum Gasteiger partial charge on any atom is -0.440 e. The molecule has 3 aliphatic rings. The van der Waals surface area contributed by atoms with Gasteiger partial charge in [-0.25, -0.2) is 4.98 Å². The molecule has 26 heavy (non-hydrogen) atoms. The molecule has 1 aromatic carbocycles. The highest BCUT2D eigenvalue weighted by Gasteiger charge is 2.57. The number of nitrogens with zero attached hydrogens (tertiary/aromatic N) is 1. The minimum atomic E-state index is 0. The Labute approximate surface area is 159 Å². The molecule has 0 radical (unpaired) electrons. The summed E-state index contributed by atoms with van der Waals surface area (Å²) in [4.78, 5) is 16.9.